The van der Waals surface area contributed by atoms with Crippen molar-refractivity contribution >= 4 is 5.97 Å². The highest BCUT2D eigenvalue weighted by molar-refractivity contribution is 5.85. The molecule has 1 aromatic carbocycles. The summed E-state index contributed by atoms with van der Waals surface area (Å²) in [7, 11) is 0. The van der Waals surface area contributed by atoms with Crippen LogP contribution in [-0.2, 0) is 6.61 Å². The van der Waals surface area contributed by atoms with Crippen LogP contribution in [0.5, 0.6) is 5.75 Å². The van der Waals surface area contributed by atoms with Gasteiger partial charge in [-0.2, -0.15) is 0 Å². The van der Waals surface area contributed by atoms with E-state index in [1.807, 2.05) is 0 Å². The molecule has 0 atom stereocenters. The first kappa shape index (κ1) is 12.9. The fourth-order valence-corrected chi connectivity index (χ4v) is 1.41. The zero-order valence-corrected chi connectivity index (χ0v) is 9.64. The van der Waals surface area contributed by atoms with Gasteiger partial charge in [0.1, 0.15) is 18.1 Å². The van der Waals surface area contributed by atoms with E-state index in [0.717, 1.165) is 12.1 Å². The zero-order valence-electron chi connectivity index (χ0n) is 9.64. The summed E-state index contributed by atoms with van der Waals surface area (Å²) in [4.78, 5) is 14.4. The predicted molar refractivity (Wildman–Crippen MR) is 61.9 cm³/mol. The molecule has 98 valence electrons. The average molecular weight is 265 g/mol. The molecule has 1 aromatic heterocycles. The molecule has 0 aliphatic heterocycles. The van der Waals surface area contributed by atoms with Crippen LogP contribution in [0.4, 0.5) is 8.78 Å². The number of halogens is 2. The summed E-state index contributed by atoms with van der Waals surface area (Å²) < 4.78 is 30.9. The van der Waals surface area contributed by atoms with Gasteiger partial charge in [0, 0.05) is 12.3 Å². The molecule has 1 heterocycles. The van der Waals surface area contributed by atoms with E-state index in [-0.39, 0.29) is 18.1 Å². The summed E-state index contributed by atoms with van der Waals surface area (Å²) in [6.45, 7) is 0.0356. The van der Waals surface area contributed by atoms with E-state index in [4.69, 9.17) is 9.84 Å². The van der Waals surface area contributed by atoms with Crippen molar-refractivity contribution in [1.82, 2.24) is 4.98 Å². The minimum atomic E-state index is -1.14. The molecule has 6 heteroatoms. The first-order chi connectivity index (χ1) is 9.06. The Bertz CT molecular complexity index is 617. The number of nitrogens with zero attached hydrogens (tertiary/aromatic N) is 1. The SMILES string of the molecule is O=C(O)c1cc(COc2ccc(F)c(F)c2)ccn1. The van der Waals surface area contributed by atoms with Crippen molar-refractivity contribution in [3.8, 4) is 5.75 Å². The van der Waals surface area contributed by atoms with E-state index >= 15 is 0 Å². The van der Waals surface area contributed by atoms with Gasteiger partial charge in [0.15, 0.2) is 11.6 Å². The first-order valence-electron chi connectivity index (χ1n) is 5.32. The molecule has 4 nitrogen and oxygen atoms in total. The topological polar surface area (TPSA) is 59.4 Å². The molecule has 0 fully saturated rings. The third-order valence-corrected chi connectivity index (χ3v) is 2.34. The smallest absolute Gasteiger partial charge is 0.354 e. The monoisotopic (exact) mass is 265 g/mol. The Labute approximate surface area is 107 Å². The molecule has 2 rings (SSSR count). The second-order valence-electron chi connectivity index (χ2n) is 3.72. The van der Waals surface area contributed by atoms with Gasteiger partial charge >= 0.3 is 5.97 Å². The molecule has 0 saturated carbocycles. The number of hydrogen-bond acceptors (Lipinski definition) is 3. The second kappa shape index (κ2) is 5.43. The van der Waals surface area contributed by atoms with E-state index in [1.165, 1.54) is 18.3 Å². The maximum Gasteiger partial charge on any atom is 0.354 e. The lowest BCUT2D eigenvalue weighted by Gasteiger charge is -2.06. The first-order valence-corrected chi connectivity index (χ1v) is 5.32. The minimum Gasteiger partial charge on any atom is -0.489 e. The Balaban J connectivity index is 2.07. The van der Waals surface area contributed by atoms with E-state index in [9.17, 15) is 13.6 Å². The lowest BCUT2D eigenvalue weighted by Crippen LogP contribution is -2.03. The number of rotatable bonds is 4. The maximum atomic E-state index is 12.9. The van der Waals surface area contributed by atoms with Gasteiger partial charge in [0.2, 0.25) is 0 Å². The predicted octanol–water partition coefficient (Wildman–Crippen LogP) is 2.64. The number of carboxylic acids is 1. The van der Waals surface area contributed by atoms with Gasteiger partial charge in [-0.3, -0.25) is 0 Å². The average Bonchev–Trinajstić information content (AvgIpc) is 2.40. The second-order valence-corrected chi connectivity index (χ2v) is 3.72. The number of hydrogen-bond donors (Lipinski definition) is 1. The summed E-state index contributed by atoms with van der Waals surface area (Å²) in [5.74, 6) is -2.94. The van der Waals surface area contributed by atoms with Gasteiger partial charge in [-0.1, -0.05) is 0 Å². The number of aromatic carboxylic acids is 1. The van der Waals surface area contributed by atoms with Gasteiger partial charge in [0.05, 0.1) is 0 Å². The van der Waals surface area contributed by atoms with Crippen LogP contribution < -0.4 is 4.74 Å². The molecule has 1 N–H and O–H groups in total. The third kappa shape index (κ3) is 3.25. The summed E-state index contributed by atoms with van der Waals surface area (Å²) in [6.07, 6.45) is 1.34. The van der Waals surface area contributed by atoms with Crippen molar-refractivity contribution in [3.05, 3.63) is 59.4 Å². The standard InChI is InChI=1S/C13H9F2NO3/c14-10-2-1-9(6-11(10)15)19-7-8-3-4-16-12(5-8)13(17)18/h1-6H,7H2,(H,17,18). The van der Waals surface area contributed by atoms with Gasteiger partial charge in [-0.05, 0) is 29.8 Å². The molecule has 19 heavy (non-hydrogen) atoms. The van der Waals surface area contributed by atoms with Crippen LogP contribution in [-0.4, -0.2) is 16.1 Å². The number of ether oxygens (including phenoxy) is 1. The Morgan fingerprint density at radius 2 is 2.00 bits per heavy atom. The molecule has 0 saturated heterocycles. The Morgan fingerprint density at radius 1 is 1.21 bits per heavy atom. The number of pyridine rings is 1. The molecule has 0 aliphatic rings. The van der Waals surface area contributed by atoms with Crippen LogP contribution >= 0.6 is 0 Å². The fraction of sp³-hybridized carbons (Fsp3) is 0.0769. The normalized spacial score (nSPS) is 10.2. The molecule has 0 unspecified atom stereocenters. The Morgan fingerprint density at radius 3 is 2.68 bits per heavy atom. The van der Waals surface area contributed by atoms with Crippen LogP contribution in [0.1, 0.15) is 16.1 Å². The third-order valence-electron chi connectivity index (χ3n) is 2.34. The summed E-state index contributed by atoms with van der Waals surface area (Å²) >= 11 is 0. The van der Waals surface area contributed by atoms with Crippen molar-refractivity contribution < 1.29 is 23.4 Å². The van der Waals surface area contributed by atoms with E-state index in [2.05, 4.69) is 4.98 Å². The summed E-state index contributed by atoms with van der Waals surface area (Å²) in [6, 6.07) is 6.10. The van der Waals surface area contributed by atoms with Gasteiger partial charge < -0.3 is 9.84 Å². The van der Waals surface area contributed by atoms with Gasteiger partial charge in [-0.15, -0.1) is 0 Å². The van der Waals surface area contributed by atoms with E-state index in [0.29, 0.717) is 5.56 Å². The molecule has 2 aromatic rings. The molecular formula is C13H9F2NO3. The fourth-order valence-electron chi connectivity index (χ4n) is 1.41. The number of carboxylic acid groups (broad SMARTS) is 1. The number of benzene rings is 1. The summed E-state index contributed by atoms with van der Waals surface area (Å²) in [5, 5.41) is 8.77. The largest absolute Gasteiger partial charge is 0.489 e. The van der Waals surface area contributed by atoms with Crippen molar-refractivity contribution in [2.45, 2.75) is 6.61 Å². The number of carbonyl (C=O) groups is 1. The molecular weight excluding hydrogens is 256 g/mol. The highest BCUT2D eigenvalue weighted by Gasteiger charge is 2.06. The minimum absolute atomic E-state index is 0.0356. The molecule has 0 spiro atoms. The molecule has 0 bridgehead atoms. The van der Waals surface area contributed by atoms with Crippen LogP contribution in [0.25, 0.3) is 0 Å². The number of aromatic nitrogens is 1. The lowest BCUT2D eigenvalue weighted by molar-refractivity contribution is 0.0690. The summed E-state index contributed by atoms with van der Waals surface area (Å²) in [5.41, 5.74) is 0.462. The van der Waals surface area contributed by atoms with Crippen LogP contribution in [0, 0.1) is 11.6 Å². The van der Waals surface area contributed by atoms with Crippen LogP contribution in [0.2, 0.25) is 0 Å². The van der Waals surface area contributed by atoms with Crippen molar-refractivity contribution in [3.63, 3.8) is 0 Å². The maximum absolute atomic E-state index is 12.9. The molecule has 0 aliphatic carbocycles. The highest BCUT2D eigenvalue weighted by atomic mass is 19.2. The molecule has 0 amide bonds. The van der Waals surface area contributed by atoms with Crippen molar-refractivity contribution in [2.24, 2.45) is 0 Å². The lowest BCUT2D eigenvalue weighted by atomic mass is 10.2. The highest BCUT2D eigenvalue weighted by Crippen LogP contribution is 2.17. The van der Waals surface area contributed by atoms with Gasteiger partial charge in [0.25, 0.3) is 0 Å². The van der Waals surface area contributed by atoms with Crippen LogP contribution in [0.3, 0.4) is 0 Å². The van der Waals surface area contributed by atoms with Gasteiger partial charge in [-0.25, -0.2) is 18.6 Å². The Kier molecular flexibility index (Phi) is 3.70. The van der Waals surface area contributed by atoms with Crippen LogP contribution in [0.15, 0.2) is 36.5 Å². The zero-order chi connectivity index (χ0) is 13.8. The Hall–Kier alpha value is -2.50. The quantitative estimate of drug-likeness (QED) is 0.923. The van der Waals surface area contributed by atoms with Crippen molar-refractivity contribution in [2.75, 3.05) is 0 Å². The van der Waals surface area contributed by atoms with Crippen molar-refractivity contribution in [1.29, 1.82) is 0 Å². The van der Waals surface area contributed by atoms with E-state index < -0.39 is 17.6 Å². The molecule has 0 radical (unpaired) electrons. The van der Waals surface area contributed by atoms with E-state index in [1.54, 1.807) is 6.07 Å².